The molecule has 0 aromatic rings. The molecule has 0 aromatic carbocycles. The molecule has 13 heavy (non-hydrogen) atoms. The molecule has 0 amide bonds. The summed E-state index contributed by atoms with van der Waals surface area (Å²) in [4.78, 5) is 0. The van der Waals surface area contributed by atoms with E-state index in [4.69, 9.17) is 5.73 Å². The van der Waals surface area contributed by atoms with Gasteiger partial charge in [0.05, 0.1) is 0 Å². The van der Waals surface area contributed by atoms with Gasteiger partial charge in [-0.05, 0) is 19.4 Å². The minimum atomic E-state index is -2.57. The van der Waals surface area contributed by atoms with E-state index in [2.05, 4.69) is 0 Å². The Morgan fingerprint density at radius 1 is 1.23 bits per heavy atom. The van der Waals surface area contributed by atoms with Gasteiger partial charge in [0.1, 0.15) is 0 Å². The van der Waals surface area contributed by atoms with E-state index >= 15 is 0 Å². The Bertz CT molecular complexity index is 162. The van der Waals surface area contributed by atoms with Gasteiger partial charge in [-0.2, -0.15) is 0 Å². The quantitative estimate of drug-likeness (QED) is 0.729. The summed E-state index contributed by atoms with van der Waals surface area (Å²) >= 11 is 0. The fraction of sp³-hybridized carbons (Fsp3) is 1.00. The van der Waals surface area contributed by atoms with Gasteiger partial charge in [-0.3, -0.25) is 0 Å². The van der Waals surface area contributed by atoms with Gasteiger partial charge in [0.15, 0.2) is 0 Å². The number of rotatable bonds is 3. The van der Waals surface area contributed by atoms with Gasteiger partial charge in [-0.15, -0.1) is 0 Å². The fourth-order valence-electron chi connectivity index (χ4n) is 2.18. The zero-order chi connectivity index (χ0) is 9.95. The summed E-state index contributed by atoms with van der Waals surface area (Å²) in [5.74, 6) is -2.57. The highest BCUT2D eigenvalue weighted by molar-refractivity contribution is 4.91. The Labute approximate surface area is 78.7 Å². The van der Waals surface area contributed by atoms with Crippen molar-refractivity contribution in [3.8, 4) is 0 Å². The summed E-state index contributed by atoms with van der Waals surface area (Å²) < 4.78 is 27.2. The highest BCUT2D eigenvalue weighted by atomic mass is 19.3. The summed E-state index contributed by atoms with van der Waals surface area (Å²) in [7, 11) is 0. The molecule has 1 fully saturated rings. The van der Waals surface area contributed by atoms with Gasteiger partial charge in [0.25, 0.3) is 5.92 Å². The molecule has 0 aromatic heterocycles. The lowest BCUT2D eigenvalue weighted by Gasteiger charge is -2.40. The first-order valence-corrected chi connectivity index (χ1v) is 5.10. The number of alkyl halides is 2. The third kappa shape index (κ3) is 2.19. The van der Waals surface area contributed by atoms with Gasteiger partial charge in [0.2, 0.25) is 0 Å². The van der Waals surface area contributed by atoms with Crippen LogP contribution in [0, 0.1) is 5.41 Å². The predicted octanol–water partition coefficient (Wildman–Crippen LogP) is 2.94. The van der Waals surface area contributed by atoms with Gasteiger partial charge in [-0.25, -0.2) is 8.78 Å². The molecule has 1 nitrogen and oxygen atoms in total. The van der Waals surface area contributed by atoms with Crippen LogP contribution in [0.5, 0.6) is 0 Å². The second-order valence-corrected chi connectivity index (χ2v) is 4.36. The molecule has 0 unspecified atom stereocenters. The van der Waals surface area contributed by atoms with E-state index < -0.39 is 11.3 Å². The van der Waals surface area contributed by atoms with Crippen LogP contribution in [0.15, 0.2) is 0 Å². The Hall–Kier alpha value is -0.180. The Morgan fingerprint density at radius 2 is 1.77 bits per heavy atom. The largest absolute Gasteiger partial charge is 0.330 e. The third-order valence-corrected chi connectivity index (χ3v) is 3.30. The number of nitrogens with two attached hydrogens (primary N) is 1. The molecule has 0 radical (unpaired) electrons. The average Bonchev–Trinajstić information content (AvgIpc) is 2.05. The van der Waals surface area contributed by atoms with Crippen LogP contribution in [-0.4, -0.2) is 12.5 Å². The number of hydrogen-bond acceptors (Lipinski definition) is 1. The van der Waals surface area contributed by atoms with E-state index in [1.165, 1.54) is 0 Å². The van der Waals surface area contributed by atoms with Crippen molar-refractivity contribution in [3.63, 3.8) is 0 Å². The topological polar surface area (TPSA) is 26.0 Å². The second kappa shape index (κ2) is 3.91. The SMILES string of the molecule is CC1(C(F)(F)CCN)CCCCC1. The molecule has 1 aliphatic carbocycles. The summed E-state index contributed by atoms with van der Waals surface area (Å²) in [6.45, 7) is 1.80. The van der Waals surface area contributed by atoms with E-state index in [1.54, 1.807) is 6.92 Å². The highest BCUT2D eigenvalue weighted by Crippen LogP contribution is 2.48. The van der Waals surface area contributed by atoms with E-state index in [0.29, 0.717) is 12.8 Å². The molecule has 0 heterocycles. The van der Waals surface area contributed by atoms with Gasteiger partial charge in [0, 0.05) is 11.8 Å². The van der Waals surface area contributed by atoms with E-state index in [-0.39, 0.29) is 13.0 Å². The van der Waals surface area contributed by atoms with Crippen molar-refractivity contribution in [3.05, 3.63) is 0 Å². The zero-order valence-electron chi connectivity index (χ0n) is 8.28. The molecule has 0 atom stereocenters. The van der Waals surface area contributed by atoms with E-state index in [9.17, 15) is 8.78 Å². The van der Waals surface area contributed by atoms with Crippen LogP contribution in [0.3, 0.4) is 0 Å². The maximum Gasteiger partial charge on any atom is 0.254 e. The van der Waals surface area contributed by atoms with Crippen LogP contribution in [0.25, 0.3) is 0 Å². The Morgan fingerprint density at radius 3 is 2.23 bits per heavy atom. The number of halogens is 2. The monoisotopic (exact) mass is 191 g/mol. The normalized spacial score (nSPS) is 23.1. The third-order valence-electron chi connectivity index (χ3n) is 3.30. The van der Waals surface area contributed by atoms with Crippen LogP contribution in [0.4, 0.5) is 8.78 Å². The van der Waals surface area contributed by atoms with Gasteiger partial charge >= 0.3 is 0 Å². The van der Waals surface area contributed by atoms with E-state index in [0.717, 1.165) is 19.3 Å². The van der Waals surface area contributed by atoms with Crippen LogP contribution in [0.2, 0.25) is 0 Å². The van der Waals surface area contributed by atoms with Crippen molar-refractivity contribution in [2.45, 2.75) is 51.4 Å². The first-order valence-electron chi connectivity index (χ1n) is 5.10. The summed E-state index contributed by atoms with van der Waals surface area (Å²) in [5, 5.41) is 0. The van der Waals surface area contributed by atoms with Crippen LogP contribution in [-0.2, 0) is 0 Å². The molecule has 78 valence electrons. The van der Waals surface area contributed by atoms with E-state index in [1.807, 2.05) is 0 Å². The zero-order valence-corrected chi connectivity index (χ0v) is 8.28. The van der Waals surface area contributed by atoms with Crippen molar-refractivity contribution in [2.75, 3.05) is 6.54 Å². The minimum absolute atomic E-state index is 0.0859. The highest BCUT2D eigenvalue weighted by Gasteiger charge is 2.48. The first-order chi connectivity index (χ1) is 6.02. The second-order valence-electron chi connectivity index (χ2n) is 4.36. The molecular formula is C10H19F2N. The standard InChI is InChI=1S/C10H19F2N/c1-9(5-3-2-4-6-9)10(11,12)7-8-13/h2-8,13H2,1H3. The van der Waals surface area contributed by atoms with Crippen LogP contribution < -0.4 is 5.73 Å². The van der Waals surface area contributed by atoms with Crippen molar-refractivity contribution in [1.82, 2.24) is 0 Å². The Balaban J connectivity index is 2.64. The molecule has 0 bridgehead atoms. The molecule has 1 rings (SSSR count). The lowest BCUT2D eigenvalue weighted by atomic mass is 9.70. The molecule has 1 saturated carbocycles. The molecule has 0 aliphatic heterocycles. The lowest BCUT2D eigenvalue weighted by Crippen LogP contribution is -2.41. The fourth-order valence-corrected chi connectivity index (χ4v) is 2.18. The molecular weight excluding hydrogens is 172 g/mol. The average molecular weight is 191 g/mol. The maximum absolute atomic E-state index is 13.6. The predicted molar refractivity (Wildman–Crippen MR) is 49.8 cm³/mol. The van der Waals surface area contributed by atoms with Crippen molar-refractivity contribution in [1.29, 1.82) is 0 Å². The summed E-state index contributed by atoms with van der Waals surface area (Å²) in [6, 6.07) is 0. The van der Waals surface area contributed by atoms with Crippen molar-refractivity contribution in [2.24, 2.45) is 11.1 Å². The molecule has 0 saturated heterocycles. The summed E-state index contributed by atoms with van der Waals surface area (Å²) in [6.07, 6.45) is 4.13. The smallest absolute Gasteiger partial charge is 0.254 e. The van der Waals surface area contributed by atoms with Gasteiger partial charge < -0.3 is 5.73 Å². The van der Waals surface area contributed by atoms with Crippen LogP contribution >= 0.6 is 0 Å². The van der Waals surface area contributed by atoms with Crippen molar-refractivity contribution < 1.29 is 8.78 Å². The summed E-state index contributed by atoms with van der Waals surface area (Å²) in [5.41, 5.74) is 4.41. The molecule has 3 heteroatoms. The molecule has 1 aliphatic rings. The first kappa shape index (κ1) is 10.9. The van der Waals surface area contributed by atoms with Crippen LogP contribution in [0.1, 0.15) is 45.4 Å². The molecule has 2 N–H and O–H groups in total. The minimum Gasteiger partial charge on any atom is -0.330 e. The van der Waals surface area contributed by atoms with Gasteiger partial charge in [-0.1, -0.05) is 26.2 Å². The van der Waals surface area contributed by atoms with Crippen molar-refractivity contribution >= 4 is 0 Å². The number of hydrogen-bond donors (Lipinski definition) is 1. The molecule has 0 spiro atoms. The lowest BCUT2D eigenvalue weighted by molar-refractivity contribution is -0.133. The Kier molecular flexibility index (Phi) is 3.28. The maximum atomic E-state index is 13.6.